The summed E-state index contributed by atoms with van der Waals surface area (Å²) in [5.41, 5.74) is 9.58. The van der Waals surface area contributed by atoms with Crippen LogP contribution in [0.2, 0.25) is 0 Å². The van der Waals surface area contributed by atoms with E-state index < -0.39 is 5.91 Å². The molecule has 1 aliphatic heterocycles. The summed E-state index contributed by atoms with van der Waals surface area (Å²) >= 11 is 0. The van der Waals surface area contributed by atoms with Crippen molar-refractivity contribution in [1.29, 1.82) is 0 Å². The van der Waals surface area contributed by atoms with Gasteiger partial charge in [0.05, 0.1) is 24.4 Å². The zero-order valence-corrected chi connectivity index (χ0v) is 16.3. The monoisotopic (exact) mass is 379 g/mol. The highest BCUT2D eigenvalue weighted by Crippen LogP contribution is 2.29. The maximum Gasteiger partial charge on any atom is 0.267 e. The Kier molecular flexibility index (Phi) is 5.11. The highest BCUT2D eigenvalue weighted by molar-refractivity contribution is 6.00. The maximum absolute atomic E-state index is 11.8. The zero-order chi connectivity index (χ0) is 19.7. The van der Waals surface area contributed by atoms with Crippen molar-refractivity contribution >= 4 is 16.8 Å². The van der Waals surface area contributed by atoms with Gasteiger partial charge in [-0.1, -0.05) is 19.1 Å². The second kappa shape index (κ2) is 7.69. The van der Waals surface area contributed by atoms with E-state index in [-0.39, 0.29) is 5.69 Å². The number of aromatic nitrogens is 3. The first-order valence-electron chi connectivity index (χ1n) is 9.60. The number of nitrogens with zero attached hydrogens (tertiary/aromatic N) is 4. The van der Waals surface area contributed by atoms with E-state index in [4.69, 9.17) is 10.5 Å². The summed E-state index contributed by atoms with van der Waals surface area (Å²) in [6.45, 7) is 5.61. The largest absolute Gasteiger partial charge is 0.376 e. The molecule has 1 unspecified atom stereocenters. The van der Waals surface area contributed by atoms with Crippen LogP contribution in [0.1, 0.15) is 29.4 Å². The molecule has 0 spiro atoms. The Morgan fingerprint density at radius 3 is 2.93 bits per heavy atom. The second-order valence-corrected chi connectivity index (χ2v) is 7.31. The van der Waals surface area contributed by atoms with Gasteiger partial charge in [0.15, 0.2) is 0 Å². The second-order valence-electron chi connectivity index (χ2n) is 7.31. The Bertz CT molecular complexity index is 1010. The minimum Gasteiger partial charge on any atom is -0.376 e. The Balaban J connectivity index is 1.71. The van der Waals surface area contributed by atoms with Crippen LogP contribution in [0.5, 0.6) is 0 Å². The van der Waals surface area contributed by atoms with Crippen LogP contribution in [0.15, 0.2) is 36.7 Å². The molecule has 2 aromatic heterocycles. The van der Waals surface area contributed by atoms with Crippen molar-refractivity contribution in [2.45, 2.75) is 26.0 Å². The molecule has 4 rings (SSSR count). The SMILES string of the molecule is CCC1CN(Cc2ccc3c(-c4cnn(C)c4)cc(C(N)=O)nc3c2)CCO1. The van der Waals surface area contributed by atoms with E-state index in [1.165, 1.54) is 0 Å². The number of primary amides is 1. The number of carbonyl (C=O) groups excluding carboxylic acids is 1. The molecule has 0 saturated carbocycles. The van der Waals surface area contributed by atoms with Crippen LogP contribution in [0.4, 0.5) is 0 Å². The molecule has 1 aliphatic rings. The molecule has 7 heteroatoms. The average Bonchev–Trinajstić information content (AvgIpc) is 3.13. The maximum atomic E-state index is 11.8. The van der Waals surface area contributed by atoms with Crippen molar-refractivity contribution in [3.63, 3.8) is 0 Å². The fraction of sp³-hybridized carbons (Fsp3) is 0.381. The van der Waals surface area contributed by atoms with E-state index in [9.17, 15) is 4.79 Å². The van der Waals surface area contributed by atoms with Gasteiger partial charge in [0.1, 0.15) is 5.69 Å². The van der Waals surface area contributed by atoms with E-state index in [1.54, 1.807) is 16.9 Å². The zero-order valence-electron chi connectivity index (χ0n) is 16.3. The molecule has 1 atom stereocenters. The molecule has 1 saturated heterocycles. The van der Waals surface area contributed by atoms with Gasteiger partial charge in [-0.05, 0) is 29.7 Å². The van der Waals surface area contributed by atoms with Crippen molar-refractivity contribution < 1.29 is 9.53 Å². The van der Waals surface area contributed by atoms with Crippen LogP contribution in [0.3, 0.4) is 0 Å². The van der Waals surface area contributed by atoms with Gasteiger partial charge in [0.2, 0.25) is 0 Å². The fourth-order valence-electron chi connectivity index (χ4n) is 3.73. The van der Waals surface area contributed by atoms with Crippen LogP contribution < -0.4 is 5.73 Å². The minimum atomic E-state index is -0.531. The summed E-state index contributed by atoms with van der Waals surface area (Å²) in [6, 6.07) is 8.00. The molecule has 1 fully saturated rings. The molecule has 0 bridgehead atoms. The first kappa shape index (κ1) is 18.6. The molecule has 3 aromatic rings. The normalized spacial score (nSPS) is 17.9. The highest BCUT2D eigenvalue weighted by atomic mass is 16.5. The van der Waals surface area contributed by atoms with Crippen LogP contribution in [0.25, 0.3) is 22.0 Å². The predicted octanol–water partition coefficient (Wildman–Crippen LogP) is 2.34. The number of aryl methyl sites for hydroxylation is 1. The molecule has 0 aliphatic carbocycles. The number of fused-ring (bicyclic) bond motifs is 1. The van der Waals surface area contributed by atoms with Gasteiger partial charge in [-0.2, -0.15) is 5.10 Å². The molecule has 146 valence electrons. The molecule has 1 amide bonds. The quantitative estimate of drug-likeness (QED) is 0.735. The van der Waals surface area contributed by atoms with Crippen molar-refractivity contribution in [2.24, 2.45) is 12.8 Å². The number of ether oxygens (including phenoxy) is 1. The number of hydrogen-bond acceptors (Lipinski definition) is 5. The van der Waals surface area contributed by atoms with Gasteiger partial charge < -0.3 is 10.5 Å². The lowest BCUT2D eigenvalue weighted by molar-refractivity contribution is -0.0324. The lowest BCUT2D eigenvalue weighted by Gasteiger charge is -2.32. The van der Waals surface area contributed by atoms with Gasteiger partial charge >= 0.3 is 0 Å². The topological polar surface area (TPSA) is 86.3 Å². The lowest BCUT2D eigenvalue weighted by atomic mass is 10.0. The summed E-state index contributed by atoms with van der Waals surface area (Å²) in [5.74, 6) is -0.531. The van der Waals surface area contributed by atoms with Gasteiger partial charge in [-0.15, -0.1) is 0 Å². The van der Waals surface area contributed by atoms with Crippen molar-refractivity contribution in [2.75, 3.05) is 19.7 Å². The number of morpholine rings is 1. The molecule has 1 aromatic carbocycles. The molecule has 0 radical (unpaired) electrons. The number of rotatable bonds is 5. The van der Waals surface area contributed by atoms with Crippen molar-refractivity contribution in [1.82, 2.24) is 19.7 Å². The summed E-state index contributed by atoms with van der Waals surface area (Å²) < 4.78 is 7.50. The molecule has 3 heterocycles. The molecular formula is C21H25N5O2. The van der Waals surface area contributed by atoms with Crippen LogP contribution in [0, 0.1) is 0 Å². The smallest absolute Gasteiger partial charge is 0.267 e. The number of benzene rings is 1. The Hall–Kier alpha value is -2.77. The third-order valence-corrected chi connectivity index (χ3v) is 5.23. The van der Waals surface area contributed by atoms with Crippen molar-refractivity contribution in [3.05, 3.63) is 47.9 Å². The van der Waals surface area contributed by atoms with Gasteiger partial charge in [-0.3, -0.25) is 14.4 Å². The van der Waals surface area contributed by atoms with Crippen LogP contribution in [-0.4, -0.2) is 51.4 Å². The standard InChI is InChI=1S/C21H25N5O2/c1-3-16-13-26(6-7-28-16)11-14-4-5-17-18(15-10-23-25(2)12-15)9-20(21(22)27)24-19(17)8-14/h4-5,8-10,12,16H,3,6-7,11,13H2,1-2H3,(H2,22,27). The van der Waals surface area contributed by atoms with Crippen LogP contribution >= 0.6 is 0 Å². The van der Waals surface area contributed by atoms with Crippen LogP contribution in [-0.2, 0) is 18.3 Å². The minimum absolute atomic E-state index is 0.265. The van der Waals surface area contributed by atoms with Gasteiger partial charge in [-0.25, -0.2) is 4.98 Å². The summed E-state index contributed by atoms with van der Waals surface area (Å²) in [4.78, 5) is 18.7. The fourth-order valence-corrected chi connectivity index (χ4v) is 3.73. The van der Waals surface area contributed by atoms with E-state index in [2.05, 4.69) is 40.1 Å². The third kappa shape index (κ3) is 3.76. The first-order chi connectivity index (χ1) is 13.5. The number of hydrogen-bond donors (Lipinski definition) is 1. The Labute approximate surface area is 164 Å². The lowest BCUT2D eigenvalue weighted by Crippen LogP contribution is -2.41. The van der Waals surface area contributed by atoms with Gasteiger partial charge in [0, 0.05) is 43.8 Å². The highest BCUT2D eigenvalue weighted by Gasteiger charge is 2.19. The number of carbonyl (C=O) groups is 1. The third-order valence-electron chi connectivity index (χ3n) is 5.23. The Morgan fingerprint density at radius 1 is 1.36 bits per heavy atom. The average molecular weight is 379 g/mol. The van der Waals surface area contributed by atoms with Crippen molar-refractivity contribution in [3.8, 4) is 11.1 Å². The van der Waals surface area contributed by atoms with E-state index in [0.717, 1.165) is 60.3 Å². The molecular weight excluding hydrogens is 354 g/mol. The molecule has 2 N–H and O–H groups in total. The summed E-state index contributed by atoms with van der Waals surface area (Å²) in [7, 11) is 1.87. The predicted molar refractivity (Wildman–Crippen MR) is 108 cm³/mol. The number of nitrogens with two attached hydrogens (primary N) is 1. The summed E-state index contributed by atoms with van der Waals surface area (Å²) in [5, 5.41) is 5.23. The number of pyridine rings is 1. The van der Waals surface area contributed by atoms with E-state index in [0.29, 0.717) is 6.10 Å². The van der Waals surface area contributed by atoms with E-state index >= 15 is 0 Å². The molecule has 28 heavy (non-hydrogen) atoms. The Morgan fingerprint density at radius 2 is 2.21 bits per heavy atom. The van der Waals surface area contributed by atoms with Gasteiger partial charge in [0.25, 0.3) is 5.91 Å². The molecule has 7 nitrogen and oxygen atoms in total. The summed E-state index contributed by atoms with van der Waals surface area (Å²) in [6.07, 6.45) is 5.02. The number of amides is 1. The van der Waals surface area contributed by atoms with E-state index in [1.807, 2.05) is 13.2 Å². The first-order valence-corrected chi connectivity index (χ1v) is 9.60.